The summed E-state index contributed by atoms with van der Waals surface area (Å²) in [5.41, 5.74) is 1.40. The first kappa shape index (κ1) is 83.7. The van der Waals surface area contributed by atoms with Crippen molar-refractivity contribution in [2.24, 2.45) is 0 Å². The van der Waals surface area contributed by atoms with Gasteiger partial charge in [0.1, 0.15) is 34.6 Å². The minimum Gasteiger partial charge on any atom is -0.453 e. The highest BCUT2D eigenvalue weighted by Crippen LogP contribution is 2.41. The van der Waals surface area contributed by atoms with E-state index in [1.165, 1.54) is 95.8 Å². The summed E-state index contributed by atoms with van der Waals surface area (Å²) in [7, 11) is -7.72. The third-order valence-corrected chi connectivity index (χ3v) is 17.4. The lowest BCUT2D eigenvalue weighted by molar-refractivity contribution is 0.166. The third-order valence-electron chi connectivity index (χ3n) is 15.0. The van der Waals surface area contributed by atoms with Gasteiger partial charge >= 0.3 is 18.3 Å². The maximum absolute atomic E-state index is 15.6. The Balaban J connectivity index is 0.000000365. The molecule has 0 radical (unpaired) electrons. The lowest BCUT2D eigenvalue weighted by Crippen LogP contribution is -2.32. The zero-order chi connectivity index (χ0) is 85.1. The number of carbonyl (C=O) groups excluding carboxylic acids is 3. The van der Waals surface area contributed by atoms with Gasteiger partial charge in [-0.15, -0.1) is 0 Å². The fraction of sp³-hybridized carbons (Fsp3) is 0.417. The molecule has 606 valence electrons. The van der Waals surface area contributed by atoms with Crippen LogP contribution in [-0.4, -0.2) is 161 Å². The molecule has 0 saturated carbocycles. The zero-order valence-corrected chi connectivity index (χ0v) is 65.6. The van der Waals surface area contributed by atoms with Gasteiger partial charge in [0.25, 0.3) is 0 Å². The Hall–Kier alpha value is -9.75. The van der Waals surface area contributed by atoms with E-state index in [1.54, 1.807) is 46.9 Å². The molecule has 30 nitrogen and oxygen atoms in total. The predicted molar refractivity (Wildman–Crippen MR) is 428 cm³/mol. The Morgan fingerprint density at radius 2 is 0.784 bits per heavy atom. The summed E-state index contributed by atoms with van der Waals surface area (Å²) in [5, 5.41) is 21.1. The molecule has 0 fully saturated rings. The summed E-state index contributed by atoms with van der Waals surface area (Å²) in [4.78, 5) is 60.8. The largest absolute Gasteiger partial charge is 0.453 e. The van der Waals surface area contributed by atoms with Crippen LogP contribution in [0.2, 0.25) is 15.1 Å². The Morgan fingerprint density at radius 1 is 0.477 bits per heavy atom. The number of aryl methyl sites for hydroxylation is 3. The number of nitrogens with one attached hydrogen (secondary N) is 6. The van der Waals surface area contributed by atoms with Crippen LogP contribution < -0.4 is 30.1 Å². The van der Waals surface area contributed by atoms with Gasteiger partial charge in [-0.25, -0.2) is 82.7 Å². The first-order valence-corrected chi connectivity index (χ1v) is 39.4. The number of benzene rings is 3. The van der Waals surface area contributed by atoms with Gasteiger partial charge < -0.3 is 30.2 Å². The van der Waals surface area contributed by atoms with Crippen LogP contribution in [0.25, 0.3) is 67.5 Å². The molecule has 3 amide bonds. The molecular weight excluding hydrogens is 1570 g/mol. The van der Waals surface area contributed by atoms with Crippen molar-refractivity contribution >= 4 is 100 Å². The summed E-state index contributed by atoms with van der Waals surface area (Å²) < 4.78 is 190. The number of hydrogen-bond donors (Lipinski definition) is 6. The van der Waals surface area contributed by atoms with E-state index in [-0.39, 0.29) is 137 Å². The summed E-state index contributed by atoms with van der Waals surface area (Å²) in [6, 6.07) is 8.48. The van der Waals surface area contributed by atoms with Crippen molar-refractivity contribution in [2.45, 2.75) is 159 Å². The number of carbonyl (C=O) groups is 3. The van der Waals surface area contributed by atoms with Crippen LogP contribution >= 0.6 is 34.8 Å². The summed E-state index contributed by atoms with van der Waals surface area (Å²) >= 11 is 18.6. The average Bonchev–Trinajstić information content (AvgIpc) is 1.69. The quantitative estimate of drug-likeness (QED) is 0.0260. The number of methoxy groups -OCH3 is 3. The van der Waals surface area contributed by atoms with E-state index in [9.17, 15) is 39.6 Å². The summed E-state index contributed by atoms with van der Waals surface area (Å²) in [6.45, 7) is 11.4. The van der Waals surface area contributed by atoms with E-state index in [1.807, 2.05) is 27.7 Å². The number of rotatable bonds is 27. The van der Waals surface area contributed by atoms with Gasteiger partial charge in [-0.05, 0) is 136 Å². The molecule has 9 rings (SSSR count). The van der Waals surface area contributed by atoms with Crippen molar-refractivity contribution < 1.29 is 75.2 Å². The van der Waals surface area contributed by atoms with E-state index < -0.39 is 97.1 Å². The van der Waals surface area contributed by atoms with Crippen molar-refractivity contribution in [3.8, 4) is 67.5 Å². The number of halogens is 6. The highest BCUT2D eigenvalue weighted by atomic mass is 35.5. The standard InChI is InChI=1S/3C23H28ClFN6O4S.3CH4/c3*1-13(2)31-12-17(18-8-9-26-20(28-18)7-6-14(3)27-23(32)35-4)22(29-31)16-10-15(24)11-19(21(16)25)30-36(5,33)34;;;/h3*8-14,30H,6-7H2,1-5H3,(H,27,32);3*1H4/t3*14-;;;/m000.../s1/i14D;6D2;1D3;;;/t2m;13?,14-;;;. The normalized spacial score (nSPS) is 13.7. The minimum atomic E-state index is -3.84. The number of amides is 3. The van der Waals surface area contributed by atoms with Crippen molar-refractivity contribution in [2.75, 3.05) is 54.3 Å². The predicted octanol–water partition coefficient (Wildman–Crippen LogP) is 15.2. The number of nitrogens with zero attached hydrogens (tertiary/aromatic N) is 12. The number of ether oxygens (including phenoxy) is 3. The van der Waals surface area contributed by atoms with Crippen LogP contribution in [0.3, 0.4) is 0 Å². The van der Waals surface area contributed by atoms with Gasteiger partial charge in [-0.1, -0.05) is 57.1 Å². The SMILES string of the molecule is C.C.C.[2H]C([2H])(Cc1nccc(-c2cn(C(C)C)nc2-c2cc(Cl)cc(NS(C)(=O)=O)c2F)n1)[C@H](C)NC(=O)OC.[2H]C([2H])([2H])C(C)n1cc(-c2ccnc(CC[C@H](C)NC(=O)OC)n2)c(-c2cc(Cl)cc(NS(C)(=O)=O)c2F)n1.[2H][C@](C)(CCc1nccc(-c2cn(C(C)C)nc2-c2cc(Cl)cc(NS(C)(=O)=O)c2F)n1)NC(=O)OC. The molecule has 6 aromatic heterocycles. The first-order chi connectivity index (χ1) is 52.9. The summed E-state index contributed by atoms with van der Waals surface area (Å²) in [6.07, 6.45) is 9.07. The topological polar surface area (TPSA) is 384 Å². The second-order valence-electron chi connectivity index (χ2n) is 24.8. The Morgan fingerprint density at radius 3 is 1.10 bits per heavy atom. The van der Waals surface area contributed by atoms with Gasteiger partial charge in [0, 0.05) is 148 Å². The molecule has 0 spiro atoms. The van der Waals surface area contributed by atoms with E-state index in [2.05, 4.69) is 89.5 Å². The molecule has 0 aliphatic heterocycles. The second-order valence-corrected chi connectivity index (χ2v) is 31.4. The monoisotopic (exact) mass is 1670 g/mol. The average molecular weight is 1670 g/mol. The van der Waals surface area contributed by atoms with Gasteiger partial charge in [-0.3, -0.25) is 28.2 Å². The zero-order valence-electron chi connectivity index (χ0n) is 66.8. The molecule has 0 saturated heterocycles. The van der Waals surface area contributed by atoms with E-state index >= 15 is 13.2 Å². The number of sulfonamides is 3. The molecular formula is C72H96Cl3F3N18O12S3. The Bertz CT molecular complexity index is 5370. The lowest BCUT2D eigenvalue weighted by atomic mass is 10.0. The highest BCUT2D eigenvalue weighted by Gasteiger charge is 2.28. The van der Waals surface area contributed by atoms with Crippen molar-refractivity contribution in [3.63, 3.8) is 0 Å². The van der Waals surface area contributed by atoms with Gasteiger partial charge in [0.15, 0.2) is 17.5 Å². The van der Waals surface area contributed by atoms with Crippen LogP contribution in [0.15, 0.2) is 91.8 Å². The van der Waals surface area contributed by atoms with Crippen LogP contribution in [0.5, 0.6) is 0 Å². The maximum Gasteiger partial charge on any atom is 0.407 e. The molecule has 9 aromatic rings. The minimum absolute atomic E-state index is 0. The number of alkyl carbamates (subject to hydrolysis) is 3. The molecule has 0 bridgehead atoms. The number of aromatic nitrogens is 12. The lowest BCUT2D eigenvalue weighted by Gasteiger charge is -2.12. The van der Waals surface area contributed by atoms with Crippen LogP contribution in [-0.2, 0) is 63.5 Å². The molecule has 0 aliphatic carbocycles. The smallest absolute Gasteiger partial charge is 0.407 e. The molecule has 6 heterocycles. The van der Waals surface area contributed by atoms with E-state index in [0.29, 0.717) is 52.7 Å². The van der Waals surface area contributed by atoms with Crippen LogP contribution in [0.4, 0.5) is 44.6 Å². The molecule has 1 unspecified atom stereocenters. The highest BCUT2D eigenvalue weighted by molar-refractivity contribution is 7.92. The first-order valence-electron chi connectivity index (χ1n) is 35.6. The fourth-order valence-corrected chi connectivity index (χ4v) is 12.2. The maximum atomic E-state index is 15.6. The van der Waals surface area contributed by atoms with Crippen molar-refractivity contribution in [1.82, 2.24) is 75.2 Å². The molecule has 6 N–H and O–H groups in total. The van der Waals surface area contributed by atoms with E-state index in [4.69, 9.17) is 43.0 Å². The third kappa shape index (κ3) is 27.3. The Kier molecular flexibility index (Phi) is 30.9. The Labute approximate surface area is 669 Å². The fourth-order valence-electron chi connectivity index (χ4n) is 9.94. The van der Waals surface area contributed by atoms with Crippen molar-refractivity contribution in [1.29, 1.82) is 0 Å². The molecule has 3 aromatic carbocycles. The van der Waals surface area contributed by atoms with Crippen molar-refractivity contribution in [3.05, 3.63) is 142 Å². The van der Waals surface area contributed by atoms with Gasteiger partial charge in [-0.2, -0.15) is 15.3 Å². The van der Waals surface area contributed by atoms with Gasteiger partial charge in [0.05, 0.1) is 75.6 Å². The van der Waals surface area contributed by atoms with Crippen LogP contribution in [0.1, 0.15) is 148 Å². The molecule has 0 aliphatic rings. The molecule has 4 atom stereocenters. The van der Waals surface area contributed by atoms with Gasteiger partial charge in [0.2, 0.25) is 30.1 Å². The second kappa shape index (κ2) is 41.0. The number of anilines is 3. The summed E-state index contributed by atoms with van der Waals surface area (Å²) in [5.74, 6) is -1.70. The molecule has 39 heteroatoms. The number of hydrogen-bond acceptors (Lipinski definition) is 21. The molecule has 111 heavy (non-hydrogen) atoms. The van der Waals surface area contributed by atoms with Crippen LogP contribution in [0, 0.1) is 17.5 Å². The van der Waals surface area contributed by atoms with E-state index in [0.717, 1.165) is 30.9 Å².